The second-order valence-corrected chi connectivity index (χ2v) is 5.90. The van der Waals surface area contributed by atoms with Crippen molar-refractivity contribution in [2.45, 2.75) is 12.8 Å². The maximum Gasteiger partial charge on any atom is 0.191 e. The van der Waals surface area contributed by atoms with E-state index >= 15 is 0 Å². The molecule has 5 heteroatoms. The van der Waals surface area contributed by atoms with Crippen LogP contribution in [-0.2, 0) is 4.74 Å². The van der Waals surface area contributed by atoms with E-state index in [0.29, 0.717) is 6.54 Å². The van der Waals surface area contributed by atoms with Crippen molar-refractivity contribution in [3.05, 3.63) is 35.9 Å². The largest absolute Gasteiger partial charge is 0.396 e. The summed E-state index contributed by atoms with van der Waals surface area (Å²) in [6.07, 6.45) is 0. The van der Waals surface area contributed by atoms with Crippen molar-refractivity contribution in [3.63, 3.8) is 0 Å². The minimum atomic E-state index is 0.0624. The number of aliphatic hydroxyl groups excluding tert-OH is 1. The molecule has 0 bridgehead atoms. The number of benzene rings is 1. The van der Waals surface area contributed by atoms with Crippen molar-refractivity contribution >= 4 is 5.96 Å². The fraction of sp³-hybridized carbons (Fsp3) is 0.562. The second-order valence-electron chi connectivity index (χ2n) is 5.90. The highest BCUT2D eigenvalue weighted by Crippen LogP contribution is 2.24. The van der Waals surface area contributed by atoms with Crippen LogP contribution in [0.5, 0.6) is 0 Å². The molecule has 1 aliphatic rings. The number of hydrogen-bond acceptors (Lipinski definition) is 3. The molecular formula is C16H25N3O2. The van der Waals surface area contributed by atoms with E-state index in [1.165, 1.54) is 0 Å². The van der Waals surface area contributed by atoms with Crippen molar-refractivity contribution in [2.24, 2.45) is 10.4 Å². The highest BCUT2D eigenvalue weighted by molar-refractivity contribution is 5.79. The lowest BCUT2D eigenvalue weighted by molar-refractivity contribution is -0.0971. The average Bonchev–Trinajstić information content (AvgIpc) is 2.50. The van der Waals surface area contributed by atoms with Crippen LogP contribution in [0.3, 0.4) is 0 Å². The van der Waals surface area contributed by atoms with Crippen molar-refractivity contribution < 1.29 is 9.84 Å². The summed E-state index contributed by atoms with van der Waals surface area (Å²) in [6.45, 7) is 5.37. The van der Waals surface area contributed by atoms with E-state index in [1.54, 1.807) is 7.05 Å². The van der Waals surface area contributed by atoms with Gasteiger partial charge in [0.05, 0.1) is 19.8 Å². The smallest absolute Gasteiger partial charge is 0.191 e. The standard InChI is InChI=1S/C16H25N3O2/c1-16(11-21-12-16)10-19-15(17-2)18-8-14(9-20)13-6-4-3-5-7-13/h3-7,14,20H,8-12H2,1-2H3,(H2,17,18,19). The molecule has 0 aromatic heterocycles. The SMILES string of the molecule is CN=C(NCC(CO)c1ccccc1)NCC1(C)COC1. The fourth-order valence-corrected chi connectivity index (χ4v) is 2.30. The van der Waals surface area contributed by atoms with E-state index in [0.717, 1.165) is 31.3 Å². The molecule has 0 spiro atoms. The number of nitrogens with one attached hydrogen (secondary N) is 2. The van der Waals surface area contributed by atoms with Gasteiger partial charge in [0, 0.05) is 31.5 Å². The quantitative estimate of drug-likeness (QED) is 0.540. The molecule has 1 aliphatic heterocycles. The number of aliphatic imine (C=N–C) groups is 1. The molecule has 1 aromatic carbocycles. The summed E-state index contributed by atoms with van der Waals surface area (Å²) in [5.74, 6) is 0.824. The Morgan fingerprint density at radius 3 is 2.57 bits per heavy atom. The van der Waals surface area contributed by atoms with Gasteiger partial charge >= 0.3 is 0 Å². The molecule has 21 heavy (non-hydrogen) atoms. The van der Waals surface area contributed by atoms with E-state index in [9.17, 15) is 5.11 Å². The first-order valence-electron chi connectivity index (χ1n) is 7.35. The molecule has 2 rings (SSSR count). The van der Waals surface area contributed by atoms with Crippen LogP contribution in [0.25, 0.3) is 0 Å². The van der Waals surface area contributed by atoms with Gasteiger partial charge in [0.15, 0.2) is 5.96 Å². The van der Waals surface area contributed by atoms with Gasteiger partial charge in [-0.15, -0.1) is 0 Å². The van der Waals surface area contributed by atoms with Crippen LogP contribution in [0.1, 0.15) is 18.4 Å². The van der Waals surface area contributed by atoms with Crippen LogP contribution in [-0.4, -0.2) is 51.0 Å². The molecule has 0 amide bonds. The third-order valence-corrected chi connectivity index (χ3v) is 3.81. The van der Waals surface area contributed by atoms with Gasteiger partial charge < -0.3 is 20.5 Å². The summed E-state index contributed by atoms with van der Waals surface area (Å²) in [6, 6.07) is 10.0. The van der Waals surface area contributed by atoms with E-state index in [-0.39, 0.29) is 17.9 Å². The van der Waals surface area contributed by atoms with Crippen LogP contribution in [0, 0.1) is 5.41 Å². The molecule has 1 atom stereocenters. The first kappa shape index (κ1) is 15.8. The zero-order valence-corrected chi connectivity index (χ0v) is 12.8. The minimum Gasteiger partial charge on any atom is -0.396 e. The first-order chi connectivity index (χ1) is 10.2. The Labute approximate surface area is 126 Å². The van der Waals surface area contributed by atoms with Crippen LogP contribution < -0.4 is 10.6 Å². The summed E-state index contributed by atoms with van der Waals surface area (Å²) in [5.41, 5.74) is 1.33. The molecule has 0 aliphatic carbocycles. The topological polar surface area (TPSA) is 65.9 Å². The summed E-state index contributed by atoms with van der Waals surface area (Å²) < 4.78 is 5.24. The predicted octanol–water partition coefficient (Wildman–Crippen LogP) is 0.964. The lowest BCUT2D eigenvalue weighted by Gasteiger charge is -2.38. The van der Waals surface area contributed by atoms with Crippen molar-refractivity contribution in [1.82, 2.24) is 10.6 Å². The summed E-state index contributed by atoms with van der Waals surface area (Å²) in [7, 11) is 1.76. The van der Waals surface area contributed by atoms with Gasteiger partial charge in [-0.25, -0.2) is 0 Å². The zero-order chi connectivity index (χ0) is 15.1. The van der Waals surface area contributed by atoms with E-state index in [4.69, 9.17) is 4.74 Å². The van der Waals surface area contributed by atoms with Crippen molar-refractivity contribution in [2.75, 3.05) is 40.0 Å². The van der Waals surface area contributed by atoms with Gasteiger partial charge in [0.25, 0.3) is 0 Å². The predicted molar refractivity (Wildman–Crippen MR) is 84.6 cm³/mol. The number of rotatable bonds is 6. The summed E-state index contributed by atoms with van der Waals surface area (Å²) >= 11 is 0. The average molecular weight is 291 g/mol. The van der Waals surface area contributed by atoms with Gasteiger partial charge in [-0.05, 0) is 5.56 Å². The highest BCUT2D eigenvalue weighted by Gasteiger charge is 2.33. The lowest BCUT2D eigenvalue weighted by Crippen LogP contribution is -2.51. The molecule has 116 valence electrons. The molecule has 0 radical (unpaired) electrons. The Morgan fingerprint density at radius 1 is 1.33 bits per heavy atom. The van der Waals surface area contributed by atoms with Gasteiger partial charge in [-0.1, -0.05) is 37.3 Å². The number of nitrogens with zero attached hydrogens (tertiary/aromatic N) is 1. The molecule has 1 fully saturated rings. The fourth-order valence-electron chi connectivity index (χ4n) is 2.30. The lowest BCUT2D eigenvalue weighted by atomic mass is 9.89. The van der Waals surface area contributed by atoms with Crippen LogP contribution >= 0.6 is 0 Å². The molecule has 3 N–H and O–H groups in total. The molecular weight excluding hydrogens is 266 g/mol. The Kier molecular flexibility index (Phi) is 5.59. The van der Waals surface area contributed by atoms with Crippen LogP contribution in [0.4, 0.5) is 0 Å². The molecule has 5 nitrogen and oxygen atoms in total. The van der Waals surface area contributed by atoms with E-state index in [1.807, 2.05) is 30.3 Å². The van der Waals surface area contributed by atoms with Crippen molar-refractivity contribution in [1.29, 1.82) is 0 Å². The van der Waals surface area contributed by atoms with Crippen LogP contribution in [0.15, 0.2) is 35.3 Å². The normalized spacial score (nSPS) is 18.7. The van der Waals surface area contributed by atoms with Gasteiger partial charge in [-0.3, -0.25) is 4.99 Å². The Balaban J connectivity index is 1.81. The molecule has 0 saturated carbocycles. The number of ether oxygens (including phenoxy) is 1. The maximum absolute atomic E-state index is 9.55. The van der Waals surface area contributed by atoms with Gasteiger partial charge in [-0.2, -0.15) is 0 Å². The molecule has 1 unspecified atom stereocenters. The Morgan fingerprint density at radius 2 is 2.05 bits per heavy atom. The monoisotopic (exact) mass is 291 g/mol. The second kappa shape index (κ2) is 7.43. The zero-order valence-electron chi connectivity index (χ0n) is 12.8. The van der Waals surface area contributed by atoms with Gasteiger partial charge in [0.1, 0.15) is 0 Å². The van der Waals surface area contributed by atoms with E-state index < -0.39 is 0 Å². The van der Waals surface area contributed by atoms with Crippen molar-refractivity contribution in [3.8, 4) is 0 Å². The van der Waals surface area contributed by atoms with Crippen LogP contribution in [0.2, 0.25) is 0 Å². The minimum absolute atomic E-state index is 0.0624. The van der Waals surface area contributed by atoms with E-state index in [2.05, 4.69) is 22.5 Å². The summed E-state index contributed by atoms with van der Waals surface area (Å²) in [5, 5.41) is 16.2. The Bertz CT molecular complexity index is 458. The van der Waals surface area contributed by atoms with Gasteiger partial charge in [0.2, 0.25) is 0 Å². The highest BCUT2D eigenvalue weighted by atomic mass is 16.5. The third kappa shape index (κ3) is 4.44. The number of guanidine groups is 1. The Hall–Kier alpha value is -1.59. The number of aliphatic hydroxyl groups is 1. The summed E-state index contributed by atoms with van der Waals surface area (Å²) in [4.78, 5) is 4.22. The first-order valence-corrected chi connectivity index (χ1v) is 7.35. The third-order valence-electron chi connectivity index (χ3n) is 3.81. The molecule has 1 aromatic rings. The molecule has 1 saturated heterocycles. The maximum atomic E-state index is 9.55. The number of hydrogen-bond donors (Lipinski definition) is 3. The molecule has 1 heterocycles.